The van der Waals surface area contributed by atoms with Crippen LogP contribution in [0, 0.1) is 0 Å². The third kappa shape index (κ3) is 4.58. The summed E-state index contributed by atoms with van der Waals surface area (Å²) in [5.74, 6) is -0.199. The molecule has 3 amide bonds. The number of alkyl halides is 2. The van der Waals surface area contributed by atoms with Crippen LogP contribution < -0.4 is 4.74 Å². The predicted molar refractivity (Wildman–Crippen MR) is 145 cm³/mol. The molecule has 8 nitrogen and oxygen atoms in total. The standard InChI is InChI=1S/C30H34F2N4O4/c1-30-18-23-22-17-21(40-28(31)32)10-11-24(22)33-25(23)26(19-8-6-9-20(37)16-19)36(30)29(39)35(27(30)38)15-7-14-34-12-4-2-3-5-13-34/h6,8-11,16-17,26,28,33,37H,2-5,7,12-15,18H2,1H3/t26-,30+/m1/s1. The third-order valence-corrected chi connectivity index (χ3v) is 8.60. The van der Waals surface area contributed by atoms with Gasteiger partial charge in [-0.1, -0.05) is 25.0 Å². The number of nitrogens with zero attached hydrogens (tertiary/aromatic N) is 3. The van der Waals surface area contributed by atoms with Gasteiger partial charge < -0.3 is 19.7 Å². The van der Waals surface area contributed by atoms with E-state index in [1.807, 2.05) is 6.07 Å². The van der Waals surface area contributed by atoms with Gasteiger partial charge in [0.1, 0.15) is 23.1 Å². The molecule has 0 saturated carbocycles. The van der Waals surface area contributed by atoms with Gasteiger partial charge in [-0.15, -0.1) is 0 Å². The SMILES string of the molecule is C[C@@]12Cc3c([nH]c4ccc(OC(F)F)cc34)[C@@H](c3cccc(O)c3)N1C(=O)N(CCCN1CCCCCC1)C2=O. The second kappa shape index (κ2) is 10.4. The Morgan fingerprint density at radius 2 is 1.85 bits per heavy atom. The highest BCUT2D eigenvalue weighted by atomic mass is 19.3. The first-order chi connectivity index (χ1) is 19.3. The van der Waals surface area contributed by atoms with E-state index in [0.29, 0.717) is 35.1 Å². The number of imide groups is 1. The van der Waals surface area contributed by atoms with E-state index in [4.69, 9.17) is 0 Å². The number of nitrogens with one attached hydrogen (secondary N) is 1. The average molecular weight is 553 g/mol. The number of urea groups is 1. The van der Waals surface area contributed by atoms with Crippen LogP contribution in [0.1, 0.15) is 61.9 Å². The largest absolute Gasteiger partial charge is 0.508 e. The smallest absolute Gasteiger partial charge is 0.387 e. The minimum absolute atomic E-state index is 0.0229. The molecule has 4 heterocycles. The molecule has 3 aromatic rings. The number of ether oxygens (including phenoxy) is 1. The Morgan fingerprint density at radius 3 is 2.58 bits per heavy atom. The maximum Gasteiger partial charge on any atom is 0.387 e. The summed E-state index contributed by atoms with van der Waals surface area (Å²) in [7, 11) is 0. The van der Waals surface area contributed by atoms with Gasteiger partial charge in [0.05, 0.1) is 0 Å². The summed E-state index contributed by atoms with van der Waals surface area (Å²) < 4.78 is 30.6. The number of hydrogen-bond acceptors (Lipinski definition) is 5. The molecule has 40 heavy (non-hydrogen) atoms. The Kier molecular flexibility index (Phi) is 6.90. The van der Waals surface area contributed by atoms with E-state index in [-0.39, 0.29) is 29.9 Å². The van der Waals surface area contributed by atoms with Gasteiger partial charge in [0.15, 0.2) is 0 Å². The van der Waals surface area contributed by atoms with Crippen LogP contribution in [-0.4, -0.2) is 75.1 Å². The minimum Gasteiger partial charge on any atom is -0.508 e. The number of hydrogen-bond donors (Lipinski definition) is 2. The van der Waals surface area contributed by atoms with Crippen molar-refractivity contribution in [3.63, 3.8) is 0 Å². The van der Waals surface area contributed by atoms with Crippen LogP contribution in [0.5, 0.6) is 11.5 Å². The summed E-state index contributed by atoms with van der Waals surface area (Å²) in [6.07, 6.45) is 5.76. The Labute approximate surface area is 231 Å². The molecule has 2 atom stereocenters. The minimum atomic E-state index is -2.96. The fourth-order valence-electron chi connectivity index (χ4n) is 6.72. The fourth-order valence-corrected chi connectivity index (χ4v) is 6.72. The van der Waals surface area contributed by atoms with Gasteiger partial charge >= 0.3 is 12.6 Å². The number of aromatic nitrogens is 1. The molecule has 0 spiro atoms. The number of phenolic OH excluding ortho intramolecular Hbond substituents is 1. The third-order valence-electron chi connectivity index (χ3n) is 8.60. The van der Waals surface area contributed by atoms with E-state index < -0.39 is 18.2 Å². The summed E-state index contributed by atoms with van der Waals surface area (Å²) in [5.41, 5.74) is 1.62. The Morgan fingerprint density at radius 1 is 1.07 bits per heavy atom. The number of likely N-dealkylation sites (tertiary alicyclic amines) is 1. The Balaban J connectivity index is 1.37. The van der Waals surface area contributed by atoms with Gasteiger partial charge in [0, 0.05) is 29.6 Å². The summed E-state index contributed by atoms with van der Waals surface area (Å²) in [4.78, 5) is 36.8. The molecule has 0 aliphatic carbocycles. The van der Waals surface area contributed by atoms with Gasteiger partial charge in [0.2, 0.25) is 0 Å². The van der Waals surface area contributed by atoms with Crippen molar-refractivity contribution in [1.29, 1.82) is 0 Å². The molecule has 2 fully saturated rings. The zero-order valence-electron chi connectivity index (χ0n) is 22.5. The molecule has 0 unspecified atom stereocenters. The number of aromatic amines is 1. The molecular weight excluding hydrogens is 518 g/mol. The van der Waals surface area contributed by atoms with Gasteiger partial charge in [0.25, 0.3) is 5.91 Å². The van der Waals surface area contributed by atoms with Crippen LogP contribution in [0.25, 0.3) is 10.9 Å². The van der Waals surface area contributed by atoms with Crippen molar-refractivity contribution in [2.24, 2.45) is 0 Å². The van der Waals surface area contributed by atoms with Crippen LogP contribution in [-0.2, 0) is 11.2 Å². The number of aromatic hydroxyl groups is 1. The van der Waals surface area contributed by atoms with Crippen molar-refractivity contribution >= 4 is 22.8 Å². The molecule has 1 aromatic heterocycles. The van der Waals surface area contributed by atoms with Crippen molar-refractivity contribution in [3.05, 3.63) is 59.3 Å². The number of halogens is 2. The molecule has 0 radical (unpaired) electrons. The van der Waals surface area contributed by atoms with Crippen molar-refractivity contribution in [1.82, 2.24) is 19.7 Å². The van der Waals surface area contributed by atoms with Crippen LogP contribution in [0.15, 0.2) is 42.5 Å². The molecule has 212 valence electrons. The van der Waals surface area contributed by atoms with Crippen molar-refractivity contribution in [2.45, 2.75) is 63.6 Å². The highest BCUT2D eigenvalue weighted by Gasteiger charge is 2.60. The second-order valence-electron chi connectivity index (χ2n) is 11.3. The summed E-state index contributed by atoms with van der Waals surface area (Å²) in [6.45, 7) is 2.07. The lowest BCUT2D eigenvalue weighted by Crippen LogP contribution is -2.53. The summed E-state index contributed by atoms with van der Waals surface area (Å²) in [6, 6.07) is 10.3. The number of carbonyl (C=O) groups is 2. The molecule has 2 aromatic carbocycles. The number of H-pyrrole nitrogens is 1. The molecule has 2 saturated heterocycles. The maximum absolute atomic E-state index is 14.0. The first-order valence-electron chi connectivity index (χ1n) is 14.0. The lowest BCUT2D eigenvalue weighted by Gasteiger charge is -2.42. The van der Waals surface area contributed by atoms with Gasteiger partial charge in [-0.05, 0) is 87.3 Å². The summed E-state index contributed by atoms with van der Waals surface area (Å²) in [5, 5.41) is 11.0. The number of amides is 3. The molecule has 6 rings (SSSR count). The second-order valence-corrected chi connectivity index (χ2v) is 11.3. The zero-order chi connectivity index (χ0) is 28.0. The lowest BCUT2D eigenvalue weighted by atomic mass is 9.81. The normalized spacial score (nSPS) is 23.6. The maximum atomic E-state index is 14.0. The monoisotopic (exact) mass is 552 g/mol. The van der Waals surface area contributed by atoms with E-state index in [2.05, 4.69) is 14.6 Å². The van der Waals surface area contributed by atoms with E-state index >= 15 is 0 Å². The molecule has 10 heteroatoms. The van der Waals surface area contributed by atoms with E-state index in [1.165, 1.54) is 36.6 Å². The topological polar surface area (TPSA) is 89.1 Å². The van der Waals surface area contributed by atoms with Crippen LogP contribution in [0.3, 0.4) is 0 Å². The number of rotatable bonds is 7. The van der Waals surface area contributed by atoms with Gasteiger partial charge in [-0.25, -0.2) is 4.79 Å². The molecular formula is C30H34F2N4O4. The highest BCUT2D eigenvalue weighted by Crippen LogP contribution is 2.49. The van der Waals surface area contributed by atoms with Crippen LogP contribution in [0.4, 0.5) is 13.6 Å². The van der Waals surface area contributed by atoms with Crippen LogP contribution in [0.2, 0.25) is 0 Å². The average Bonchev–Trinajstić information content (AvgIpc) is 3.18. The van der Waals surface area contributed by atoms with Gasteiger partial charge in [-0.3, -0.25) is 14.6 Å². The zero-order valence-corrected chi connectivity index (χ0v) is 22.5. The first-order valence-corrected chi connectivity index (χ1v) is 14.0. The molecule has 3 aliphatic heterocycles. The van der Waals surface area contributed by atoms with Crippen molar-refractivity contribution in [3.8, 4) is 11.5 Å². The van der Waals surface area contributed by atoms with E-state index in [0.717, 1.165) is 25.2 Å². The Hall–Kier alpha value is -3.66. The Bertz CT molecular complexity index is 1430. The van der Waals surface area contributed by atoms with E-state index in [9.17, 15) is 23.5 Å². The number of fused-ring (bicyclic) bond motifs is 4. The summed E-state index contributed by atoms with van der Waals surface area (Å²) >= 11 is 0. The number of phenols is 1. The number of carbonyl (C=O) groups excluding carboxylic acids is 2. The van der Waals surface area contributed by atoms with Crippen molar-refractivity contribution < 1.29 is 28.2 Å². The number of benzene rings is 2. The van der Waals surface area contributed by atoms with Crippen LogP contribution >= 0.6 is 0 Å². The lowest BCUT2D eigenvalue weighted by molar-refractivity contribution is -0.133. The quantitative estimate of drug-likeness (QED) is 0.383. The molecule has 3 aliphatic rings. The predicted octanol–water partition coefficient (Wildman–Crippen LogP) is 5.41. The van der Waals surface area contributed by atoms with Gasteiger partial charge in [-0.2, -0.15) is 8.78 Å². The van der Waals surface area contributed by atoms with Crippen molar-refractivity contribution in [2.75, 3.05) is 26.2 Å². The van der Waals surface area contributed by atoms with E-state index in [1.54, 1.807) is 42.2 Å². The molecule has 0 bridgehead atoms. The highest BCUT2D eigenvalue weighted by molar-refractivity contribution is 6.08. The fraction of sp³-hybridized carbons (Fsp3) is 0.467. The first kappa shape index (κ1) is 26.6. The molecule has 2 N–H and O–H groups in total.